The molecule has 1 amide bonds. The molecule has 90 valence electrons. The van der Waals surface area contributed by atoms with Gasteiger partial charge >= 0.3 is 6.09 Å². The number of benzene rings is 1. The molecular weight excluding hydrogens is 220 g/mol. The molecule has 0 fully saturated rings. The number of nitriles is 1. The third-order valence-corrected chi connectivity index (χ3v) is 2.36. The van der Waals surface area contributed by atoms with Crippen LogP contribution in [0.15, 0.2) is 24.3 Å². The molecule has 0 saturated heterocycles. The van der Waals surface area contributed by atoms with Gasteiger partial charge in [-0.1, -0.05) is 24.3 Å². The minimum absolute atomic E-state index is 0.308. The van der Waals surface area contributed by atoms with Gasteiger partial charge in [0.2, 0.25) is 0 Å². The number of aliphatic hydroxyl groups excluding tert-OH is 1. The minimum Gasteiger partial charge on any atom is -0.465 e. The van der Waals surface area contributed by atoms with Gasteiger partial charge in [0.1, 0.15) is 6.04 Å². The van der Waals surface area contributed by atoms with E-state index in [1.807, 2.05) is 6.07 Å². The molecule has 0 radical (unpaired) electrons. The summed E-state index contributed by atoms with van der Waals surface area (Å²) in [6.07, 6.45) is -1.44. The summed E-state index contributed by atoms with van der Waals surface area (Å²) in [4.78, 5) is 10.4. The monoisotopic (exact) mass is 234 g/mol. The maximum Gasteiger partial charge on any atom is 0.405 e. The molecule has 0 aromatic heterocycles. The topological polar surface area (TPSA) is 93.4 Å². The van der Waals surface area contributed by atoms with Crippen molar-refractivity contribution in [3.8, 4) is 6.07 Å². The second-order valence-corrected chi connectivity index (χ2v) is 3.75. The third kappa shape index (κ3) is 4.13. The molecular formula is C12H14N2O3. The van der Waals surface area contributed by atoms with Crippen molar-refractivity contribution >= 4 is 6.09 Å². The predicted octanol–water partition coefficient (Wildman–Crippen LogP) is 1.44. The van der Waals surface area contributed by atoms with Gasteiger partial charge < -0.3 is 15.5 Å². The van der Waals surface area contributed by atoms with E-state index in [0.717, 1.165) is 11.1 Å². The second-order valence-electron chi connectivity index (χ2n) is 3.75. The molecule has 0 aliphatic heterocycles. The van der Waals surface area contributed by atoms with Crippen molar-refractivity contribution < 1.29 is 15.0 Å². The Morgan fingerprint density at radius 3 is 2.47 bits per heavy atom. The number of amides is 1. The molecule has 5 nitrogen and oxygen atoms in total. The second kappa shape index (κ2) is 5.87. The van der Waals surface area contributed by atoms with Crippen LogP contribution in [0.25, 0.3) is 0 Å². The molecule has 2 atom stereocenters. The summed E-state index contributed by atoms with van der Waals surface area (Å²) in [6.45, 7) is 1.67. The van der Waals surface area contributed by atoms with Gasteiger partial charge in [0.15, 0.2) is 0 Å². The first-order chi connectivity index (χ1) is 8.02. The summed E-state index contributed by atoms with van der Waals surface area (Å²) < 4.78 is 0. The average molecular weight is 234 g/mol. The van der Waals surface area contributed by atoms with Gasteiger partial charge in [0, 0.05) is 6.42 Å². The number of aliphatic hydroxyl groups is 1. The molecule has 1 aromatic carbocycles. The van der Waals surface area contributed by atoms with E-state index in [4.69, 9.17) is 10.4 Å². The van der Waals surface area contributed by atoms with E-state index in [0.29, 0.717) is 6.42 Å². The van der Waals surface area contributed by atoms with Crippen molar-refractivity contribution in [3.05, 3.63) is 35.4 Å². The van der Waals surface area contributed by atoms with E-state index in [1.54, 1.807) is 31.2 Å². The molecule has 0 saturated carbocycles. The Kier molecular flexibility index (Phi) is 4.49. The Morgan fingerprint density at radius 2 is 2.06 bits per heavy atom. The predicted molar refractivity (Wildman–Crippen MR) is 61.3 cm³/mol. The fourth-order valence-corrected chi connectivity index (χ4v) is 1.45. The Hall–Kier alpha value is -2.06. The van der Waals surface area contributed by atoms with Crippen molar-refractivity contribution in [1.82, 2.24) is 5.32 Å². The Morgan fingerprint density at radius 1 is 1.47 bits per heavy atom. The molecule has 0 heterocycles. The number of nitrogens with one attached hydrogen (secondary N) is 1. The highest BCUT2D eigenvalue weighted by molar-refractivity contribution is 5.65. The van der Waals surface area contributed by atoms with E-state index in [-0.39, 0.29) is 0 Å². The number of hydrogen-bond donors (Lipinski definition) is 3. The van der Waals surface area contributed by atoms with E-state index in [2.05, 4.69) is 5.32 Å². The van der Waals surface area contributed by atoms with Crippen molar-refractivity contribution in [1.29, 1.82) is 5.26 Å². The minimum atomic E-state index is -1.21. The van der Waals surface area contributed by atoms with Gasteiger partial charge in [0.05, 0.1) is 12.2 Å². The average Bonchev–Trinajstić information content (AvgIpc) is 2.28. The van der Waals surface area contributed by atoms with E-state index in [9.17, 15) is 9.90 Å². The molecule has 5 heteroatoms. The molecule has 17 heavy (non-hydrogen) atoms. The molecule has 0 bridgehead atoms. The zero-order valence-electron chi connectivity index (χ0n) is 9.42. The molecule has 3 N–H and O–H groups in total. The van der Waals surface area contributed by atoms with Crippen LogP contribution >= 0.6 is 0 Å². The molecule has 1 unspecified atom stereocenters. The summed E-state index contributed by atoms with van der Waals surface area (Å²) in [6, 6.07) is 8.18. The smallest absolute Gasteiger partial charge is 0.405 e. The van der Waals surface area contributed by atoms with Crippen molar-refractivity contribution in [2.45, 2.75) is 25.5 Å². The highest BCUT2D eigenvalue weighted by Crippen LogP contribution is 2.13. The van der Waals surface area contributed by atoms with Crippen LogP contribution in [0, 0.1) is 11.3 Å². The first kappa shape index (κ1) is 13.0. The number of nitrogens with zero attached hydrogens (tertiary/aromatic N) is 1. The molecule has 1 aromatic rings. The highest BCUT2D eigenvalue weighted by Gasteiger charge is 2.11. The van der Waals surface area contributed by atoms with E-state index < -0.39 is 18.2 Å². The van der Waals surface area contributed by atoms with Crippen LogP contribution in [-0.2, 0) is 6.42 Å². The fourth-order valence-electron chi connectivity index (χ4n) is 1.45. The van der Waals surface area contributed by atoms with Crippen LogP contribution in [0.2, 0.25) is 0 Å². The van der Waals surface area contributed by atoms with Crippen LogP contribution in [0.5, 0.6) is 0 Å². The van der Waals surface area contributed by atoms with Gasteiger partial charge in [0.25, 0.3) is 0 Å². The zero-order chi connectivity index (χ0) is 12.8. The maximum absolute atomic E-state index is 10.4. The van der Waals surface area contributed by atoms with Gasteiger partial charge in [-0.15, -0.1) is 0 Å². The lowest BCUT2D eigenvalue weighted by molar-refractivity contribution is 0.192. The van der Waals surface area contributed by atoms with Crippen LogP contribution in [0.1, 0.15) is 24.2 Å². The molecule has 0 aliphatic carbocycles. The lowest BCUT2D eigenvalue weighted by Crippen LogP contribution is -2.33. The van der Waals surface area contributed by atoms with Crippen molar-refractivity contribution in [2.24, 2.45) is 0 Å². The van der Waals surface area contributed by atoms with Crippen LogP contribution in [0.3, 0.4) is 0 Å². The van der Waals surface area contributed by atoms with Gasteiger partial charge in [-0.3, -0.25) is 0 Å². The van der Waals surface area contributed by atoms with Crippen molar-refractivity contribution in [3.63, 3.8) is 0 Å². The highest BCUT2D eigenvalue weighted by atomic mass is 16.4. The Bertz CT molecular complexity index is 420. The summed E-state index contributed by atoms with van der Waals surface area (Å²) in [7, 11) is 0. The standard InChI is InChI=1S/C12H14N2O3/c1-8(15)10-4-2-9(3-5-10)6-11(7-13)14-12(16)17/h2-5,8,11,14-15H,6H2,1H3,(H,16,17)/t8?,11-/m0/s1. The first-order valence-electron chi connectivity index (χ1n) is 5.19. The SMILES string of the molecule is CC(O)c1ccc(C[C@@H](C#N)NC(=O)O)cc1. The first-order valence-corrected chi connectivity index (χ1v) is 5.19. The molecule has 1 rings (SSSR count). The molecule has 0 spiro atoms. The summed E-state index contributed by atoms with van der Waals surface area (Å²) >= 11 is 0. The van der Waals surface area contributed by atoms with Gasteiger partial charge in [-0.2, -0.15) is 5.26 Å². The Labute approximate surface area is 99.3 Å². The summed E-state index contributed by atoms with van der Waals surface area (Å²) in [5, 5.41) is 28.7. The zero-order valence-corrected chi connectivity index (χ0v) is 9.42. The quantitative estimate of drug-likeness (QED) is 0.734. The van der Waals surface area contributed by atoms with E-state index >= 15 is 0 Å². The van der Waals surface area contributed by atoms with E-state index in [1.165, 1.54) is 0 Å². The van der Waals surface area contributed by atoms with Crippen molar-refractivity contribution in [2.75, 3.05) is 0 Å². The number of carbonyl (C=O) groups is 1. The molecule has 0 aliphatic rings. The number of hydrogen-bond acceptors (Lipinski definition) is 3. The number of rotatable bonds is 4. The van der Waals surface area contributed by atoms with Crippen LogP contribution < -0.4 is 5.32 Å². The maximum atomic E-state index is 10.4. The van der Waals surface area contributed by atoms with Gasteiger partial charge in [-0.05, 0) is 18.1 Å². The summed E-state index contributed by atoms with van der Waals surface area (Å²) in [5.74, 6) is 0. The third-order valence-electron chi connectivity index (χ3n) is 2.36. The number of carboxylic acid groups (broad SMARTS) is 1. The van der Waals surface area contributed by atoms with Crippen LogP contribution in [0.4, 0.5) is 4.79 Å². The van der Waals surface area contributed by atoms with Gasteiger partial charge in [-0.25, -0.2) is 4.79 Å². The summed E-state index contributed by atoms with van der Waals surface area (Å²) in [5.41, 5.74) is 1.63. The van der Waals surface area contributed by atoms with Crippen LogP contribution in [-0.4, -0.2) is 22.3 Å². The lowest BCUT2D eigenvalue weighted by atomic mass is 10.0. The Balaban J connectivity index is 2.68. The lowest BCUT2D eigenvalue weighted by Gasteiger charge is -2.10. The largest absolute Gasteiger partial charge is 0.465 e. The fraction of sp³-hybridized carbons (Fsp3) is 0.333. The normalized spacial score (nSPS) is 13.5.